The lowest BCUT2D eigenvalue weighted by Crippen LogP contribution is -2.40. The van der Waals surface area contributed by atoms with E-state index in [4.69, 9.17) is 5.11 Å². The van der Waals surface area contributed by atoms with Crippen LogP contribution in [0.5, 0.6) is 0 Å². The number of carboxylic acids is 1. The lowest BCUT2D eigenvalue weighted by atomic mass is 10.2. The van der Waals surface area contributed by atoms with Crippen LogP contribution in [0.25, 0.3) is 0 Å². The number of sulfone groups is 1. The third-order valence-electron chi connectivity index (χ3n) is 2.76. The van der Waals surface area contributed by atoms with E-state index in [1.54, 1.807) is 4.90 Å². The van der Waals surface area contributed by atoms with Gasteiger partial charge in [-0.3, -0.25) is 9.69 Å². The van der Waals surface area contributed by atoms with Crippen molar-refractivity contribution in [2.24, 2.45) is 0 Å². The fourth-order valence-electron chi connectivity index (χ4n) is 1.56. The normalized spacial score (nSPS) is 13.9. The van der Waals surface area contributed by atoms with Gasteiger partial charge in [0.15, 0.2) is 9.84 Å². The fourth-order valence-corrected chi connectivity index (χ4v) is 2.90. The van der Waals surface area contributed by atoms with Crippen LogP contribution in [-0.2, 0) is 14.6 Å². The quantitative estimate of drug-likeness (QED) is 0.673. The summed E-state index contributed by atoms with van der Waals surface area (Å²) >= 11 is 0. The first kappa shape index (κ1) is 16.4. The van der Waals surface area contributed by atoms with Crippen LogP contribution >= 0.6 is 0 Å². The summed E-state index contributed by atoms with van der Waals surface area (Å²) < 4.78 is 23.1. The number of carboxylic acid groups (broad SMARTS) is 1. The van der Waals surface area contributed by atoms with Crippen molar-refractivity contribution in [1.82, 2.24) is 4.90 Å². The monoisotopic (exact) mass is 265 g/mol. The van der Waals surface area contributed by atoms with Gasteiger partial charge in [-0.15, -0.1) is 0 Å². The molecule has 1 unspecified atom stereocenters. The molecule has 0 bridgehead atoms. The number of hydrogen-bond donors (Lipinski definition) is 1. The van der Waals surface area contributed by atoms with Gasteiger partial charge < -0.3 is 5.11 Å². The highest BCUT2D eigenvalue weighted by atomic mass is 32.2. The molecule has 0 aromatic rings. The molecule has 0 spiro atoms. The molecule has 6 heteroatoms. The summed E-state index contributed by atoms with van der Waals surface area (Å²) in [5.74, 6) is -0.703. The van der Waals surface area contributed by atoms with E-state index in [0.29, 0.717) is 13.0 Å². The van der Waals surface area contributed by atoms with Gasteiger partial charge in [-0.25, -0.2) is 8.42 Å². The predicted octanol–water partition coefficient (Wildman–Crippen LogP) is 0.996. The zero-order chi connectivity index (χ0) is 13.5. The molecule has 1 N–H and O–H groups in total. The van der Waals surface area contributed by atoms with Gasteiger partial charge in [0.2, 0.25) is 0 Å². The Bertz CT molecular complexity index is 326. The molecular formula is C11H23NO4S. The minimum absolute atomic E-state index is 0.0401. The molecule has 0 aliphatic heterocycles. The van der Waals surface area contributed by atoms with Crippen LogP contribution in [-0.4, -0.2) is 55.0 Å². The molecule has 0 saturated heterocycles. The second kappa shape index (κ2) is 7.66. The molecule has 0 amide bonds. The standard InChI is InChI=1S/C11H23NO4S/c1-4-7-17(15,16)8-6-12(9-11(13)14)10(3)5-2/h10H,4-9H2,1-3H3,(H,13,14). The fraction of sp³-hybridized carbons (Fsp3) is 0.909. The van der Waals surface area contributed by atoms with Crippen LogP contribution in [0.4, 0.5) is 0 Å². The van der Waals surface area contributed by atoms with E-state index in [-0.39, 0.29) is 24.1 Å². The Balaban J connectivity index is 4.39. The van der Waals surface area contributed by atoms with Crippen molar-refractivity contribution in [3.8, 4) is 0 Å². The summed E-state index contributed by atoms with van der Waals surface area (Å²) in [6.07, 6.45) is 1.41. The van der Waals surface area contributed by atoms with Gasteiger partial charge >= 0.3 is 5.97 Å². The predicted molar refractivity (Wildman–Crippen MR) is 67.9 cm³/mol. The van der Waals surface area contributed by atoms with Gasteiger partial charge in [-0.05, 0) is 19.8 Å². The smallest absolute Gasteiger partial charge is 0.317 e. The van der Waals surface area contributed by atoms with Crippen molar-refractivity contribution < 1.29 is 18.3 Å². The Morgan fingerprint density at radius 3 is 2.29 bits per heavy atom. The first-order valence-corrected chi connectivity index (χ1v) is 7.80. The number of carbonyl (C=O) groups is 1. The highest BCUT2D eigenvalue weighted by Crippen LogP contribution is 2.04. The molecule has 17 heavy (non-hydrogen) atoms. The van der Waals surface area contributed by atoms with Crippen LogP contribution in [0.15, 0.2) is 0 Å². The van der Waals surface area contributed by atoms with E-state index in [2.05, 4.69) is 0 Å². The van der Waals surface area contributed by atoms with E-state index < -0.39 is 15.8 Å². The van der Waals surface area contributed by atoms with Crippen LogP contribution in [0.1, 0.15) is 33.6 Å². The van der Waals surface area contributed by atoms with Gasteiger partial charge in [0.1, 0.15) is 0 Å². The first-order chi connectivity index (χ1) is 7.82. The van der Waals surface area contributed by atoms with E-state index >= 15 is 0 Å². The van der Waals surface area contributed by atoms with E-state index in [9.17, 15) is 13.2 Å². The van der Waals surface area contributed by atoms with Crippen molar-refractivity contribution in [2.45, 2.75) is 39.7 Å². The number of aliphatic carboxylic acids is 1. The third kappa shape index (κ3) is 7.33. The number of hydrogen-bond acceptors (Lipinski definition) is 4. The average Bonchev–Trinajstić information content (AvgIpc) is 2.22. The molecule has 0 rings (SSSR count). The SMILES string of the molecule is CCCS(=O)(=O)CCN(CC(=O)O)C(C)CC. The summed E-state index contributed by atoms with van der Waals surface area (Å²) in [7, 11) is -3.04. The molecular weight excluding hydrogens is 242 g/mol. The van der Waals surface area contributed by atoms with Crippen molar-refractivity contribution in [2.75, 3.05) is 24.6 Å². The maximum Gasteiger partial charge on any atom is 0.317 e. The van der Waals surface area contributed by atoms with Crippen molar-refractivity contribution in [3.05, 3.63) is 0 Å². The third-order valence-corrected chi connectivity index (χ3v) is 4.59. The molecule has 0 aromatic carbocycles. The molecule has 0 heterocycles. The summed E-state index contributed by atoms with van der Waals surface area (Å²) in [4.78, 5) is 12.4. The number of nitrogens with zero attached hydrogens (tertiary/aromatic N) is 1. The molecule has 0 saturated carbocycles. The molecule has 0 aliphatic rings. The van der Waals surface area contributed by atoms with E-state index in [1.165, 1.54) is 0 Å². The van der Waals surface area contributed by atoms with Gasteiger partial charge in [-0.1, -0.05) is 13.8 Å². The highest BCUT2D eigenvalue weighted by molar-refractivity contribution is 7.91. The molecule has 0 radical (unpaired) electrons. The summed E-state index contributed by atoms with van der Waals surface area (Å²) in [6, 6.07) is 0.0860. The van der Waals surface area contributed by atoms with Crippen LogP contribution in [0.2, 0.25) is 0 Å². The van der Waals surface area contributed by atoms with Gasteiger partial charge in [0, 0.05) is 18.3 Å². The van der Waals surface area contributed by atoms with E-state index in [1.807, 2.05) is 20.8 Å². The zero-order valence-corrected chi connectivity index (χ0v) is 11.7. The molecule has 0 aromatic heterocycles. The molecule has 0 fully saturated rings. The lowest BCUT2D eigenvalue weighted by molar-refractivity contribution is -0.138. The second-order valence-corrected chi connectivity index (χ2v) is 6.58. The van der Waals surface area contributed by atoms with Crippen molar-refractivity contribution in [1.29, 1.82) is 0 Å². The van der Waals surface area contributed by atoms with Gasteiger partial charge in [0.05, 0.1) is 12.3 Å². The summed E-state index contributed by atoms with van der Waals surface area (Å²) in [5.41, 5.74) is 0. The molecule has 5 nitrogen and oxygen atoms in total. The minimum Gasteiger partial charge on any atom is -0.480 e. The maximum absolute atomic E-state index is 11.6. The van der Waals surface area contributed by atoms with Crippen molar-refractivity contribution in [3.63, 3.8) is 0 Å². The largest absolute Gasteiger partial charge is 0.480 e. The Morgan fingerprint density at radius 2 is 1.88 bits per heavy atom. The van der Waals surface area contributed by atoms with Crippen LogP contribution in [0, 0.1) is 0 Å². The molecule has 0 aliphatic carbocycles. The zero-order valence-electron chi connectivity index (χ0n) is 10.8. The van der Waals surface area contributed by atoms with Crippen molar-refractivity contribution >= 4 is 15.8 Å². The summed E-state index contributed by atoms with van der Waals surface area (Å²) in [5, 5.41) is 8.77. The Morgan fingerprint density at radius 1 is 1.29 bits per heavy atom. The Hall–Kier alpha value is -0.620. The number of rotatable bonds is 9. The lowest BCUT2D eigenvalue weighted by Gasteiger charge is -2.26. The minimum atomic E-state index is -3.04. The highest BCUT2D eigenvalue weighted by Gasteiger charge is 2.18. The van der Waals surface area contributed by atoms with E-state index in [0.717, 1.165) is 6.42 Å². The maximum atomic E-state index is 11.6. The van der Waals surface area contributed by atoms with Crippen LogP contribution in [0.3, 0.4) is 0 Å². The average molecular weight is 265 g/mol. The summed E-state index contributed by atoms with van der Waals surface area (Å²) in [6.45, 7) is 5.89. The topological polar surface area (TPSA) is 74.7 Å². The second-order valence-electron chi connectivity index (χ2n) is 4.27. The van der Waals surface area contributed by atoms with Gasteiger partial charge in [-0.2, -0.15) is 0 Å². The Labute approximate surface area is 104 Å². The van der Waals surface area contributed by atoms with Gasteiger partial charge in [0.25, 0.3) is 0 Å². The molecule has 102 valence electrons. The van der Waals surface area contributed by atoms with Crippen LogP contribution < -0.4 is 0 Å². The Kier molecular flexibility index (Phi) is 7.38. The molecule has 1 atom stereocenters. The first-order valence-electron chi connectivity index (χ1n) is 5.98.